The summed E-state index contributed by atoms with van der Waals surface area (Å²) < 4.78 is 0. The van der Waals surface area contributed by atoms with Crippen LogP contribution in [0.15, 0.2) is 54.6 Å². The molecule has 0 heterocycles. The van der Waals surface area contributed by atoms with Gasteiger partial charge in [0.1, 0.15) is 0 Å². The molecule has 0 saturated carbocycles. The van der Waals surface area contributed by atoms with Crippen LogP contribution in [0.3, 0.4) is 0 Å². The Hall–Kier alpha value is -2.72. The van der Waals surface area contributed by atoms with Gasteiger partial charge >= 0.3 is 0 Å². The Bertz CT molecular complexity index is 869. The second kappa shape index (κ2) is 7.67. The van der Waals surface area contributed by atoms with Crippen molar-refractivity contribution in [1.82, 2.24) is 5.32 Å². The van der Waals surface area contributed by atoms with Gasteiger partial charge in [-0.2, -0.15) is 0 Å². The highest BCUT2D eigenvalue weighted by atomic mass is 16.3. The summed E-state index contributed by atoms with van der Waals surface area (Å²) in [5.41, 5.74) is 3.52. The van der Waals surface area contributed by atoms with E-state index in [2.05, 4.69) is 5.32 Å². The predicted octanol–water partition coefficient (Wildman–Crippen LogP) is 3.20. The quantitative estimate of drug-likeness (QED) is 0.643. The number of carbonyl (C=O) groups is 2. The average molecular weight is 349 g/mol. The van der Waals surface area contributed by atoms with Gasteiger partial charge in [0.15, 0.2) is 5.78 Å². The molecule has 0 saturated heterocycles. The number of ketones is 1. The molecule has 0 aliphatic heterocycles. The molecule has 0 bridgehead atoms. The van der Waals surface area contributed by atoms with Crippen molar-refractivity contribution in [2.75, 3.05) is 6.61 Å². The molecular weight excluding hydrogens is 326 g/mol. The highest BCUT2D eigenvalue weighted by Gasteiger charge is 2.23. The maximum absolute atomic E-state index is 12.9. The van der Waals surface area contributed by atoms with Crippen LogP contribution in [0.5, 0.6) is 0 Å². The molecule has 0 spiro atoms. The molecule has 0 fully saturated rings. The van der Waals surface area contributed by atoms with Crippen LogP contribution in [0.25, 0.3) is 0 Å². The number of amides is 1. The fraction of sp³-hybridized carbons (Fsp3) is 0.273. The summed E-state index contributed by atoms with van der Waals surface area (Å²) in [6.45, 7) is 4.04. The third kappa shape index (κ3) is 3.75. The lowest BCUT2D eigenvalue weighted by atomic mass is 9.95. The van der Waals surface area contributed by atoms with Crippen LogP contribution in [0.4, 0.5) is 0 Å². The summed E-state index contributed by atoms with van der Waals surface area (Å²) in [4.78, 5) is 25.7. The maximum atomic E-state index is 12.9. The van der Waals surface area contributed by atoms with Crippen molar-refractivity contribution < 1.29 is 14.7 Å². The number of nitrogens with one attached hydrogen (secondary N) is 1. The molecule has 0 unspecified atom stereocenters. The van der Waals surface area contributed by atoms with E-state index in [0.717, 1.165) is 11.1 Å². The second-order valence-electron chi connectivity index (χ2n) is 6.82. The maximum Gasteiger partial charge on any atom is 0.252 e. The number of aliphatic hydroxyl groups excluding tert-OH is 1. The van der Waals surface area contributed by atoms with E-state index in [1.807, 2.05) is 38.1 Å². The van der Waals surface area contributed by atoms with Gasteiger partial charge in [-0.25, -0.2) is 0 Å². The minimum atomic E-state index is -0.272. The van der Waals surface area contributed by atoms with Gasteiger partial charge in [-0.3, -0.25) is 9.59 Å². The number of carbonyl (C=O) groups excluding carboxylic acids is 2. The highest BCUT2D eigenvalue weighted by Crippen LogP contribution is 2.20. The summed E-state index contributed by atoms with van der Waals surface area (Å²) in [6.07, 6.45) is 4.49. The van der Waals surface area contributed by atoms with Crippen molar-refractivity contribution in [3.8, 4) is 0 Å². The van der Waals surface area contributed by atoms with Crippen LogP contribution in [-0.2, 0) is 0 Å². The van der Waals surface area contributed by atoms with E-state index < -0.39 is 0 Å². The summed E-state index contributed by atoms with van der Waals surface area (Å²) in [7, 11) is 0. The van der Waals surface area contributed by atoms with Crippen molar-refractivity contribution in [2.24, 2.45) is 5.92 Å². The number of hydrogen-bond donors (Lipinski definition) is 2. The molecule has 1 amide bonds. The lowest BCUT2D eigenvalue weighted by Gasteiger charge is -2.15. The molecule has 4 nitrogen and oxygen atoms in total. The number of hydrogen-bond acceptors (Lipinski definition) is 3. The highest BCUT2D eigenvalue weighted by molar-refractivity contribution is 6.15. The molecule has 4 heteroatoms. The Kier molecular flexibility index (Phi) is 5.33. The van der Waals surface area contributed by atoms with E-state index in [9.17, 15) is 14.7 Å². The zero-order chi connectivity index (χ0) is 18.7. The van der Waals surface area contributed by atoms with E-state index in [1.165, 1.54) is 0 Å². The van der Waals surface area contributed by atoms with Gasteiger partial charge < -0.3 is 10.4 Å². The molecule has 1 aliphatic rings. The lowest BCUT2D eigenvalue weighted by Crippen LogP contribution is -2.33. The first-order chi connectivity index (χ1) is 12.5. The first-order valence-electron chi connectivity index (χ1n) is 8.80. The van der Waals surface area contributed by atoms with Crippen LogP contribution < -0.4 is 5.32 Å². The molecular formula is C22H23NO3. The molecule has 2 N–H and O–H groups in total. The average Bonchev–Trinajstić information content (AvgIpc) is 3.11. The van der Waals surface area contributed by atoms with Gasteiger partial charge in [0, 0.05) is 29.7 Å². The van der Waals surface area contributed by atoms with Crippen molar-refractivity contribution in [1.29, 1.82) is 0 Å². The van der Waals surface area contributed by atoms with Crippen molar-refractivity contribution in [3.63, 3.8) is 0 Å². The summed E-state index contributed by atoms with van der Waals surface area (Å²) >= 11 is 0. The Balaban J connectivity index is 1.83. The fourth-order valence-corrected chi connectivity index (χ4v) is 3.18. The van der Waals surface area contributed by atoms with E-state index in [-0.39, 0.29) is 30.3 Å². The Morgan fingerprint density at radius 2 is 1.77 bits per heavy atom. The number of aryl methyl sites for hydroxylation is 2. The molecule has 2 aromatic rings. The summed E-state index contributed by atoms with van der Waals surface area (Å²) in [5.74, 6) is -0.354. The van der Waals surface area contributed by atoms with Gasteiger partial charge in [0.25, 0.3) is 5.91 Å². The van der Waals surface area contributed by atoms with E-state index >= 15 is 0 Å². The Morgan fingerprint density at radius 1 is 1.04 bits per heavy atom. The van der Waals surface area contributed by atoms with Crippen molar-refractivity contribution >= 4 is 11.7 Å². The number of benzene rings is 2. The summed E-state index contributed by atoms with van der Waals surface area (Å²) in [6, 6.07) is 12.3. The molecule has 0 aromatic heterocycles. The van der Waals surface area contributed by atoms with Crippen LogP contribution >= 0.6 is 0 Å². The SMILES string of the molecule is Cc1ccc(C(=O)c2ccccc2C(=O)N[C@@H]2C=C[C@H](CO)C2)cc1C. The largest absolute Gasteiger partial charge is 0.396 e. The fourth-order valence-electron chi connectivity index (χ4n) is 3.18. The molecule has 1 aliphatic carbocycles. The van der Waals surface area contributed by atoms with Gasteiger partial charge in [0.05, 0.1) is 5.56 Å². The molecule has 0 radical (unpaired) electrons. The molecule has 26 heavy (non-hydrogen) atoms. The zero-order valence-corrected chi connectivity index (χ0v) is 15.0. The van der Waals surface area contributed by atoms with E-state index in [1.54, 1.807) is 30.3 Å². The topological polar surface area (TPSA) is 66.4 Å². The Morgan fingerprint density at radius 3 is 2.42 bits per heavy atom. The van der Waals surface area contributed by atoms with Crippen LogP contribution in [0.1, 0.15) is 43.8 Å². The van der Waals surface area contributed by atoms with Gasteiger partial charge in [-0.1, -0.05) is 42.5 Å². The Labute approximate surface area is 153 Å². The minimum absolute atomic E-state index is 0.0741. The number of rotatable bonds is 5. The van der Waals surface area contributed by atoms with Crippen LogP contribution in [-0.4, -0.2) is 29.4 Å². The third-order valence-electron chi connectivity index (χ3n) is 4.91. The smallest absolute Gasteiger partial charge is 0.252 e. The predicted molar refractivity (Wildman–Crippen MR) is 101 cm³/mol. The monoisotopic (exact) mass is 349 g/mol. The molecule has 134 valence electrons. The molecule has 3 rings (SSSR count). The standard InChI is InChI=1S/C22H23NO3/c1-14-7-9-17(11-15(14)2)21(25)19-5-3-4-6-20(19)22(26)23-18-10-8-16(12-18)13-24/h3-11,16,18,24H,12-13H2,1-2H3,(H,23,26)/t16-,18+/m0/s1. The molecule has 2 atom stereocenters. The van der Waals surface area contributed by atoms with Crippen molar-refractivity contribution in [3.05, 3.63) is 82.4 Å². The minimum Gasteiger partial charge on any atom is -0.396 e. The van der Waals surface area contributed by atoms with E-state index in [0.29, 0.717) is 23.1 Å². The zero-order valence-electron chi connectivity index (χ0n) is 15.0. The van der Waals surface area contributed by atoms with Gasteiger partial charge in [-0.15, -0.1) is 0 Å². The lowest BCUT2D eigenvalue weighted by molar-refractivity contribution is 0.0930. The first-order valence-corrected chi connectivity index (χ1v) is 8.80. The second-order valence-corrected chi connectivity index (χ2v) is 6.82. The normalized spacial score (nSPS) is 18.7. The van der Waals surface area contributed by atoms with Crippen LogP contribution in [0.2, 0.25) is 0 Å². The first kappa shape index (κ1) is 18.1. The molecule has 2 aromatic carbocycles. The number of aliphatic hydroxyl groups is 1. The third-order valence-corrected chi connectivity index (χ3v) is 4.91. The summed E-state index contributed by atoms with van der Waals surface area (Å²) in [5, 5.41) is 12.1. The van der Waals surface area contributed by atoms with Gasteiger partial charge in [0.2, 0.25) is 0 Å². The van der Waals surface area contributed by atoms with Gasteiger partial charge in [-0.05, 0) is 43.5 Å². The van der Waals surface area contributed by atoms with E-state index in [4.69, 9.17) is 0 Å². The van der Waals surface area contributed by atoms with Crippen LogP contribution in [0, 0.1) is 19.8 Å². The van der Waals surface area contributed by atoms with Crippen molar-refractivity contribution in [2.45, 2.75) is 26.3 Å².